The van der Waals surface area contributed by atoms with Gasteiger partial charge in [-0.15, -0.1) is 16.4 Å². The maximum absolute atomic E-state index is 12.7. The minimum absolute atomic E-state index is 0.163. The Morgan fingerprint density at radius 3 is 3.00 bits per heavy atom. The Morgan fingerprint density at radius 2 is 2.15 bits per heavy atom. The molecule has 1 amide bonds. The predicted octanol–water partition coefficient (Wildman–Crippen LogP) is 3.12. The Hall–Kier alpha value is -2.00. The minimum Gasteiger partial charge on any atom is -0.341 e. The summed E-state index contributed by atoms with van der Waals surface area (Å²) >= 11 is 3.20. The van der Waals surface area contributed by atoms with Crippen LogP contribution in [0.3, 0.4) is 0 Å². The highest BCUT2D eigenvalue weighted by atomic mass is 32.2. The van der Waals surface area contributed by atoms with Crippen LogP contribution in [0.4, 0.5) is 0 Å². The van der Waals surface area contributed by atoms with Crippen LogP contribution >= 0.6 is 23.1 Å². The second kappa shape index (κ2) is 7.20. The average Bonchev–Trinajstić information content (AvgIpc) is 3.28. The number of hydrogen-bond acceptors (Lipinski definition) is 7. The van der Waals surface area contributed by atoms with E-state index in [9.17, 15) is 4.79 Å². The van der Waals surface area contributed by atoms with Crippen molar-refractivity contribution in [3.63, 3.8) is 0 Å². The highest BCUT2D eigenvalue weighted by Crippen LogP contribution is 2.37. The van der Waals surface area contributed by atoms with Gasteiger partial charge in [-0.05, 0) is 48.2 Å². The number of likely N-dealkylation sites (tertiary alicyclic amines) is 1. The molecule has 2 fully saturated rings. The SMILES string of the molecule is O=C(CSc1nnnn1C1CC1)N1CCCC(c2nc3ccccc3s2)C1. The molecule has 2 aromatic heterocycles. The lowest BCUT2D eigenvalue weighted by Crippen LogP contribution is -2.40. The van der Waals surface area contributed by atoms with Gasteiger partial charge in [0.15, 0.2) is 0 Å². The van der Waals surface area contributed by atoms with Crippen molar-refractivity contribution < 1.29 is 4.79 Å². The monoisotopic (exact) mass is 400 g/mol. The molecule has 1 saturated heterocycles. The minimum atomic E-state index is 0.163. The first-order valence-corrected chi connectivity index (χ1v) is 11.1. The molecule has 0 radical (unpaired) electrons. The summed E-state index contributed by atoms with van der Waals surface area (Å²) in [7, 11) is 0. The predicted molar refractivity (Wildman–Crippen MR) is 105 cm³/mol. The molecule has 2 aliphatic rings. The third kappa shape index (κ3) is 3.58. The van der Waals surface area contributed by atoms with E-state index in [0.717, 1.165) is 54.5 Å². The number of tetrazole rings is 1. The van der Waals surface area contributed by atoms with Gasteiger partial charge in [-0.1, -0.05) is 23.9 Å². The van der Waals surface area contributed by atoms with E-state index in [-0.39, 0.29) is 5.91 Å². The molecule has 1 aliphatic heterocycles. The Morgan fingerprint density at radius 1 is 1.26 bits per heavy atom. The molecule has 1 atom stereocenters. The van der Waals surface area contributed by atoms with Gasteiger partial charge in [0.25, 0.3) is 0 Å². The lowest BCUT2D eigenvalue weighted by Gasteiger charge is -2.31. The maximum atomic E-state index is 12.7. The summed E-state index contributed by atoms with van der Waals surface area (Å²) in [6.07, 6.45) is 4.37. The van der Waals surface area contributed by atoms with Crippen molar-refractivity contribution in [2.45, 2.75) is 42.8 Å². The summed E-state index contributed by atoms with van der Waals surface area (Å²) in [5.74, 6) is 0.887. The topological polar surface area (TPSA) is 76.8 Å². The number of amides is 1. The average molecular weight is 401 g/mol. The number of nitrogens with zero attached hydrogens (tertiary/aromatic N) is 6. The molecule has 27 heavy (non-hydrogen) atoms. The van der Waals surface area contributed by atoms with Gasteiger partial charge in [0.1, 0.15) is 0 Å². The molecule has 140 valence electrons. The highest BCUT2D eigenvalue weighted by molar-refractivity contribution is 7.99. The summed E-state index contributed by atoms with van der Waals surface area (Å²) in [5.41, 5.74) is 1.06. The Labute approximate surface area is 165 Å². The third-order valence-corrected chi connectivity index (χ3v) is 7.23. The molecule has 1 unspecified atom stereocenters. The fraction of sp³-hybridized carbons (Fsp3) is 0.500. The van der Waals surface area contributed by atoms with Crippen LogP contribution in [0.5, 0.6) is 0 Å². The van der Waals surface area contributed by atoms with Crippen molar-refractivity contribution >= 4 is 39.2 Å². The summed E-state index contributed by atoms with van der Waals surface area (Å²) < 4.78 is 3.08. The lowest BCUT2D eigenvalue weighted by atomic mass is 9.99. The van der Waals surface area contributed by atoms with E-state index in [0.29, 0.717) is 17.7 Å². The summed E-state index contributed by atoms with van der Waals surface area (Å²) in [6.45, 7) is 1.58. The number of carbonyl (C=O) groups is 1. The highest BCUT2D eigenvalue weighted by Gasteiger charge is 2.30. The molecule has 7 nitrogen and oxygen atoms in total. The van der Waals surface area contributed by atoms with Crippen molar-refractivity contribution in [1.82, 2.24) is 30.1 Å². The van der Waals surface area contributed by atoms with Gasteiger partial charge in [0, 0.05) is 19.0 Å². The Bertz CT molecular complexity index is 933. The maximum Gasteiger partial charge on any atom is 0.233 e. The van der Waals surface area contributed by atoms with Gasteiger partial charge < -0.3 is 4.90 Å². The summed E-state index contributed by atoms with van der Waals surface area (Å²) in [4.78, 5) is 19.5. The number of para-hydroxylation sites is 1. The zero-order valence-electron chi connectivity index (χ0n) is 14.8. The Balaban J connectivity index is 1.23. The van der Waals surface area contributed by atoms with E-state index in [4.69, 9.17) is 4.98 Å². The summed E-state index contributed by atoms with van der Waals surface area (Å²) in [5, 5.41) is 13.8. The molecule has 9 heteroatoms. The van der Waals surface area contributed by atoms with Crippen molar-refractivity contribution in [2.24, 2.45) is 0 Å². The number of rotatable bonds is 5. The van der Waals surface area contributed by atoms with Crippen LogP contribution in [0.1, 0.15) is 42.7 Å². The number of thioether (sulfide) groups is 1. The number of thiazole rings is 1. The normalized spacial score (nSPS) is 20.3. The molecule has 1 aliphatic carbocycles. The molecule has 0 spiro atoms. The molecule has 0 N–H and O–H groups in total. The van der Waals surface area contributed by atoms with Crippen molar-refractivity contribution in [3.05, 3.63) is 29.3 Å². The quantitative estimate of drug-likeness (QED) is 0.613. The molecule has 3 aromatic rings. The molecule has 1 aromatic carbocycles. The fourth-order valence-electron chi connectivity index (χ4n) is 3.52. The molecule has 0 bridgehead atoms. The van der Waals surface area contributed by atoms with Crippen LogP contribution in [0.25, 0.3) is 10.2 Å². The zero-order valence-corrected chi connectivity index (χ0v) is 16.5. The molecule has 3 heterocycles. The van der Waals surface area contributed by atoms with Crippen LogP contribution in [0.2, 0.25) is 0 Å². The van der Waals surface area contributed by atoms with Crippen LogP contribution < -0.4 is 0 Å². The van der Waals surface area contributed by atoms with Crippen LogP contribution in [0.15, 0.2) is 29.4 Å². The zero-order chi connectivity index (χ0) is 18.2. The van der Waals surface area contributed by atoms with E-state index in [1.807, 2.05) is 21.7 Å². The number of fused-ring (bicyclic) bond motifs is 1. The van der Waals surface area contributed by atoms with E-state index in [1.54, 1.807) is 11.3 Å². The van der Waals surface area contributed by atoms with Crippen molar-refractivity contribution in [3.8, 4) is 0 Å². The number of aromatic nitrogens is 5. The van der Waals surface area contributed by atoms with Gasteiger partial charge in [-0.25, -0.2) is 9.67 Å². The van der Waals surface area contributed by atoms with Crippen molar-refractivity contribution in [2.75, 3.05) is 18.8 Å². The molecule has 5 rings (SSSR count). The molecule has 1 saturated carbocycles. The van der Waals surface area contributed by atoms with Crippen LogP contribution in [-0.2, 0) is 4.79 Å². The van der Waals surface area contributed by atoms with Gasteiger partial charge in [-0.2, -0.15) is 0 Å². The first kappa shape index (κ1) is 17.1. The first-order valence-electron chi connectivity index (χ1n) is 9.32. The van der Waals surface area contributed by atoms with E-state index in [1.165, 1.54) is 16.5 Å². The van der Waals surface area contributed by atoms with Gasteiger partial charge in [-0.3, -0.25) is 4.79 Å². The smallest absolute Gasteiger partial charge is 0.233 e. The van der Waals surface area contributed by atoms with E-state index in [2.05, 4.69) is 27.7 Å². The lowest BCUT2D eigenvalue weighted by molar-refractivity contribution is -0.129. The second-order valence-corrected chi connectivity index (χ2v) is 9.13. The van der Waals surface area contributed by atoms with E-state index >= 15 is 0 Å². The first-order chi connectivity index (χ1) is 13.3. The fourth-order valence-corrected chi connectivity index (χ4v) is 5.46. The largest absolute Gasteiger partial charge is 0.341 e. The van der Waals surface area contributed by atoms with Gasteiger partial charge >= 0.3 is 0 Å². The molecular weight excluding hydrogens is 380 g/mol. The van der Waals surface area contributed by atoms with E-state index < -0.39 is 0 Å². The van der Waals surface area contributed by atoms with Crippen molar-refractivity contribution in [1.29, 1.82) is 0 Å². The van der Waals surface area contributed by atoms with Crippen LogP contribution in [-0.4, -0.2) is 54.8 Å². The number of benzene rings is 1. The number of piperidine rings is 1. The van der Waals surface area contributed by atoms with Crippen LogP contribution in [0, 0.1) is 0 Å². The molecular formula is C18H20N6OS2. The summed E-state index contributed by atoms with van der Waals surface area (Å²) in [6, 6.07) is 8.67. The standard InChI is InChI=1S/C18H20N6OS2/c25-16(11-26-18-20-21-22-24(18)13-7-8-13)23-9-3-4-12(10-23)17-19-14-5-1-2-6-15(14)27-17/h1-2,5-6,12-13H,3-4,7-11H2. The number of hydrogen-bond donors (Lipinski definition) is 0. The third-order valence-electron chi connectivity index (χ3n) is 5.11. The van der Waals surface area contributed by atoms with Gasteiger partial charge in [0.05, 0.1) is 27.0 Å². The number of carbonyl (C=O) groups excluding carboxylic acids is 1. The second-order valence-electron chi connectivity index (χ2n) is 7.12. The Kier molecular flexibility index (Phi) is 4.56. The van der Waals surface area contributed by atoms with Gasteiger partial charge in [0.2, 0.25) is 11.1 Å².